The molecule has 0 saturated heterocycles. The van der Waals surface area contributed by atoms with Gasteiger partial charge < -0.3 is 0 Å². The maximum atomic E-state index is 12.9. The Bertz CT molecular complexity index is 1210. The molecule has 0 aliphatic rings. The number of halogens is 1. The number of aromatic nitrogens is 1. The molecule has 0 aliphatic carbocycles. The molecule has 6 heteroatoms. The van der Waals surface area contributed by atoms with Gasteiger partial charge in [0.25, 0.3) is 5.91 Å². The van der Waals surface area contributed by atoms with Crippen molar-refractivity contribution < 1.29 is 4.79 Å². The van der Waals surface area contributed by atoms with Crippen molar-refractivity contribution in [3.63, 3.8) is 0 Å². The van der Waals surface area contributed by atoms with Crippen LogP contribution in [-0.2, 0) is 6.42 Å². The van der Waals surface area contributed by atoms with Crippen LogP contribution in [0.25, 0.3) is 22.2 Å². The summed E-state index contributed by atoms with van der Waals surface area (Å²) in [6.45, 7) is 2.17. The van der Waals surface area contributed by atoms with Crippen LogP contribution < -0.4 is 5.43 Å². The van der Waals surface area contributed by atoms with Gasteiger partial charge in [-0.2, -0.15) is 5.10 Å². The van der Waals surface area contributed by atoms with E-state index in [0.717, 1.165) is 39.9 Å². The number of hydrogen-bond donors (Lipinski definition) is 1. The lowest BCUT2D eigenvalue weighted by atomic mass is 10.0. The average Bonchev–Trinajstić information content (AvgIpc) is 3.18. The van der Waals surface area contributed by atoms with Gasteiger partial charge in [-0.1, -0.05) is 67.4 Å². The van der Waals surface area contributed by atoms with Gasteiger partial charge in [-0.3, -0.25) is 4.79 Å². The van der Waals surface area contributed by atoms with E-state index in [0.29, 0.717) is 9.90 Å². The Balaban J connectivity index is 1.66. The van der Waals surface area contributed by atoms with Crippen molar-refractivity contribution in [3.8, 4) is 11.3 Å². The summed E-state index contributed by atoms with van der Waals surface area (Å²) >= 11 is 7.33. The predicted octanol–water partition coefficient (Wildman–Crippen LogP) is 6.33. The van der Waals surface area contributed by atoms with Crippen LogP contribution in [0.4, 0.5) is 0 Å². The number of nitrogens with one attached hydrogen (secondary N) is 1. The summed E-state index contributed by atoms with van der Waals surface area (Å²) in [6, 6.07) is 21.5. The zero-order chi connectivity index (χ0) is 20.9. The number of hydrazone groups is 1. The number of carbonyl (C=O) groups is 1. The quantitative estimate of drug-likeness (QED) is 0.285. The van der Waals surface area contributed by atoms with E-state index in [1.165, 1.54) is 16.9 Å². The summed E-state index contributed by atoms with van der Waals surface area (Å²) in [5, 5.41) is 4.87. The molecule has 0 spiro atoms. The van der Waals surface area contributed by atoms with E-state index in [1.54, 1.807) is 12.3 Å². The normalized spacial score (nSPS) is 11.3. The minimum atomic E-state index is -0.281. The first-order valence-electron chi connectivity index (χ1n) is 9.72. The van der Waals surface area contributed by atoms with E-state index < -0.39 is 0 Å². The maximum Gasteiger partial charge on any atom is 0.272 e. The Kier molecular flexibility index (Phi) is 6.21. The Hall–Kier alpha value is -3.02. The third kappa shape index (κ3) is 4.58. The van der Waals surface area contributed by atoms with Crippen LogP contribution in [0, 0.1) is 0 Å². The molecule has 2 aromatic carbocycles. The number of fused-ring (bicyclic) bond motifs is 1. The van der Waals surface area contributed by atoms with Crippen LogP contribution >= 0.6 is 22.9 Å². The van der Waals surface area contributed by atoms with E-state index in [2.05, 4.69) is 41.7 Å². The summed E-state index contributed by atoms with van der Waals surface area (Å²) in [5.41, 5.74) is 6.96. The fraction of sp³-hybridized carbons (Fsp3) is 0.125. The first-order valence-corrected chi connectivity index (χ1v) is 10.9. The molecule has 2 heterocycles. The summed E-state index contributed by atoms with van der Waals surface area (Å²) in [5.74, 6) is -0.281. The SMILES string of the molecule is CCCc1ccc(-c2cc(C(=O)N/N=C/c3ccc(Cl)s3)c3ccccc3n2)cc1. The smallest absolute Gasteiger partial charge is 0.267 e. The highest BCUT2D eigenvalue weighted by Gasteiger charge is 2.13. The Labute approximate surface area is 184 Å². The van der Waals surface area contributed by atoms with Crippen LogP contribution in [-0.4, -0.2) is 17.1 Å². The van der Waals surface area contributed by atoms with Gasteiger partial charge in [-0.25, -0.2) is 10.4 Å². The number of nitrogens with zero attached hydrogens (tertiary/aromatic N) is 2. The van der Waals surface area contributed by atoms with Gasteiger partial charge in [0.1, 0.15) is 0 Å². The fourth-order valence-corrected chi connectivity index (χ4v) is 4.19. The number of amides is 1. The number of carbonyl (C=O) groups excluding carboxylic acids is 1. The van der Waals surface area contributed by atoms with Gasteiger partial charge in [0.2, 0.25) is 0 Å². The second kappa shape index (κ2) is 9.20. The predicted molar refractivity (Wildman–Crippen MR) is 126 cm³/mol. The Morgan fingerprint density at radius 1 is 1.13 bits per heavy atom. The van der Waals surface area contributed by atoms with Gasteiger partial charge in [-0.15, -0.1) is 11.3 Å². The molecule has 2 aromatic heterocycles. The average molecular weight is 434 g/mol. The first-order chi connectivity index (χ1) is 14.6. The maximum absolute atomic E-state index is 12.9. The van der Waals surface area contributed by atoms with Gasteiger partial charge in [0.15, 0.2) is 0 Å². The van der Waals surface area contributed by atoms with Crippen LogP contribution in [0.5, 0.6) is 0 Å². The summed E-state index contributed by atoms with van der Waals surface area (Å²) in [7, 11) is 0. The standard InChI is InChI=1S/C24H20ClN3OS/c1-2-5-16-8-10-17(11-9-16)22-14-20(19-6-3-4-7-21(19)27-22)24(29)28-26-15-18-12-13-23(25)30-18/h3-4,6-15H,2,5H2,1H3,(H,28,29)/b26-15+. The molecule has 150 valence electrons. The van der Waals surface area contributed by atoms with E-state index in [9.17, 15) is 4.79 Å². The molecular formula is C24H20ClN3OS. The van der Waals surface area contributed by atoms with Crippen molar-refractivity contribution in [2.75, 3.05) is 0 Å². The Morgan fingerprint density at radius 2 is 1.93 bits per heavy atom. The lowest BCUT2D eigenvalue weighted by Crippen LogP contribution is -2.18. The van der Waals surface area contributed by atoms with Crippen LogP contribution in [0.3, 0.4) is 0 Å². The minimum absolute atomic E-state index is 0.281. The summed E-state index contributed by atoms with van der Waals surface area (Å²) in [4.78, 5) is 18.5. The summed E-state index contributed by atoms with van der Waals surface area (Å²) < 4.78 is 0.678. The zero-order valence-electron chi connectivity index (χ0n) is 16.4. The van der Waals surface area contributed by atoms with Crippen molar-refractivity contribution in [3.05, 3.63) is 87.1 Å². The van der Waals surface area contributed by atoms with Crippen molar-refractivity contribution in [2.45, 2.75) is 19.8 Å². The second-order valence-electron chi connectivity index (χ2n) is 6.86. The zero-order valence-corrected chi connectivity index (χ0v) is 18.0. The summed E-state index contributed by atoms with van der Waals surface area (Å²) in [6.07, 6.45) is 3.74. The number of para-hydroxylation sites is 1. The number of rotatable bonds is 6. The van der Waals surface area contributed by atoms with Crippen LogP contribution in [0.15, 0.2) is 71.8 Å². The molecule has 0 saturated carbocycles. The van der Waals surface area contributed by atoms with Crippen molar-refractivity contribution >= 4 is 46.0 Å². The van der Waals surface area contributed by atoms with Crippen LogP contribution in [0.1, 0.15) is 34.1 Å². The van der Waals surface area contributed by atoms with E-state index in [4.69, 9.17) is 16.6 Å². The van der Waals surface area contributed by atoms with Crippen molar-refractivity contribution in [1.82, 2.24) is 10.4 Å². The molecule has 30 heavy (non-hydrogen) atoms. The minimum Gasteiger partial charge on any atom is -0.267 e. The van der Waals surface area contributed by atoms with E-state index in [1.807, 2.05) is 36.4 Å². The number of benzene rings is 2. The lowest BCUT2D eigenvalue weighted by Gasteiger charge is -2.09. The number of thiophene rings is 1. The molecule has 4 aromatic rings. The molecule has 0 atom stereocenters. The lowest BCUT2D eigenvalue weighted by molar-refractivity contribution is 0.0957. The van der Waals surface area contributed by atoms with Crippen molar-refractivity contribution in [1.29, 1.82) is 0 Å². The van der Waals surface area contributed by atoms with E-state index in [-0.39, 0.29) is 5.91 Å². The molecule has 0 radical (unpaired) electrons. The first kappa shape index (κ1) is 20.3. The highest BCUT2D eigenvalue weighted by Crippen LogP contribution is 2.25. The largest absolute Gasteiger partial charge is 0.272 e. The molecule has 0 unspecified atom stereocenters. The highest BCUT2D eigenvalue weighted by atomic mass is 35.5. The third-order valence-corrected chi connectivity index (χ3v) is 5.87. The topological polar surface area (TPSA) is 54.4 Å². The molecule has 0 bridgehead atoms. The van der Waals surface area contributed by atoms with Gasteiger partial charge in [0.05, 0.1) is 27.3 Å². The van der Waals surface area contributed by atoms with E-state index >= 15 is 0 Å². The molecular weight excluding hydrogens is 414 g/mol. The monoisotopic (exact) mass is 433 g/mol. The van der Waals surface area contributed by atoms with Crippen LogP contribution in [0.2, 0.25) is 4.34 Å². The van der Waals surface area contributed by atoms with Gasteiger partial charge in [-0.05, 0) is 36.2 Å². The molecule has 4 nitrogen and oxygen atoms in total. The molecule has 4 rings (SSSR count). The fourth-order valence-electron chi connectivity index (χ4n) is 3.25. The number of aryl methyl sites for hydroxylation is 1. The molecule has 0 aliphatic heterocycles. The Morgan fingerprint density at radius 3 is 2.67 bits per heavy atom. The third-order valence-electron chi connectivity index (χ3n) is 4.70. The molecule has 1 N–H and O–H groups in total. The molecule has 1 amide bonds. The highest BCUT2D eigenvalue weighted by molar-refractivity contribution is 7.17. The van der Waals surface area contributed by atoms with Gasteiger partial charge in [0, 0.05) is 15.8 Å². The number of hydrogen-bond acceptors (Lipinski definition) is 4. The van der Waals surface area contributed by atoms with Crippen molar-refractivity contribution in [2.24, 2.45) is 5.10 Å². The second-order valence-corrected chi connectivity index (χ2v) is 8.61. The van der Waals surface area contributed by atoms with Gasteiger partial charge >= 0.3 is 0 Å². The molecule has 0 fully saturated rings. The number of pyridine rings is 1.